The molecule has 138 valence electrons. The second kappa shape index (κ2) is 6.31. The first kappa shape index (κ1) is 16.7. The summed E-state index contributed by atoms with van der Waals surface area (Å²) in [7, 11) is 0. The van der Waals surface area contributed by atoms with Crippen molar-refractivity contribution in [2.45, 2.75) is 32.2 Å². The van der Waals surface area contributed by atoms with Gasteiger partial charge in [0.25, 0.3) is 0 Å². The molecule has 1 aromatic carbocycles. The number of benzene rings is 1. The quantitative estimate of drug-likeness (QED) is 0.842. The van der Waals surface area contributed by atoms with Gasteiger partial charge < -0.3 is 4.90 Å². The van der Waals surface area contributed by atoms with Gasteiger partial charge in [-0.25, -0.2) is 0 Å². The molecule has 1 aliphatic carbocycles. The summed E-state index contributed by atoms with van der Waals surface area (Å²) in [5.74, 6) is 0.929. The van der Waals surface area contributed by atoms with Crippen molar-refractivity contribution in [2.75, 3.05) is 31.1 Å². The van der Waals surface area contributed by atoms with Crippen molar-refractivity contribution in [3.05, 3.63) is 53.7 Å². The highest BCUT2D eigenvalue weighted by Gasteiger charge is 2.63. The molecule has 5 heteroatoms. The van der Waals surface area contributed by atoms with Crippen molar-refractivity contribution in [3.63, 3.8) is 0 Å². The van der Waals surface area contributed by atoms with E-state index in [4.69, 9.17) is 5.26 Å². The topological polar surface area (TPSA) is 56.1 Å². The molecule has 3 aliphatic rings. The molecular formula is C22H25N5. The van der Waals surface area contributed by atoms with Crippen LogP contribution in [0.5, 0.6) is 0 Å². The van der Waals surface area contributed by atoms with Crippen LogP contribution in [0.25, 0.3) is 0 Å². The Morgan fingerprint density at radius 3 is 2.19 bits per heavy atom. The molecule has 2 atom stereocenters. The summed E-state index contributed by atoms with van der Waals surface area (Å²) in [6, 6.07) is 16.7. The van der Waals surface area contributed by atoms with E-state index < -0.39 is 0 Å². The Bertz CT molecular complexity index is 835. The molecule has 2 saturated heterocycles. The van der Waals surface area contributed by atoms with Crippen LogP contribution in [0.15, 0.2) is 42.5 Å². The van der Waals surface area contributed by atoms with E-state index in [1.54, 1.807) is 6.07 Å². The van der Waals surface area contributed by atoms with Gasteiger partial charge in [-0.05, 0) is 30.5 Å². The van der Waals surface area contributed by atoms with Gasteiger partial charge in [0.15, 0.2) is 11.5 Å². The lowest BCUT2D eigenvalue weighted by atomic mass is 9.60. The summed E-state index contributed by atoms with van der Waals surface area (Å²) in [5.41, 5.74) is 2.54. The first-order valence-electron chi connectivity index (χ1n) is 9.97. The van der Waals surface area contributed by atoms with E-state index in [9.17, 15) is 0 Å². The molecule has 0 spiro atoms. The molecule has 3 heterocycles. The Labute approximate surface area is 160 Å². The zero-order chi connectivity index (χ0) is 18.3. The summed E-state index contributed by atoms with van der Waals surface area (Å²) in [6.07, 6.45) is 5.32. The smallest absolute Gasteiger partial charge is 0.163 e. The molecular weight excluding hydrogens is 334 g/mol. The maximum absolute atomic E-state index is 8.97. The number of hydrogen-bond acceptors (Lipinski definition) is 5. The highest BCUT2D eigenvalue weighted by Crippen LogP contribution is 2.60. The van der Waals surface area contributed by atoms with Crippen LogP contribution in [-0.4, -0.2) is 41.3 Å². The molecule has 0 bridgehead atoms. The molecule has 1 saturated carbocycles. The monoisotopic (exact) mass is 359 g/mol. The largest absolute Gasteiger partial charge is 0.354 e. The molecule has 0 amide bonds. The number of aromatic nitrogens is 2. The van der Waals surface area contributed by atoms with Crippen LogP contribution >= 0.6 is 0 Å². The van der Waals surface area contributed by atoms with E-state index in [0.29, 0.717) is 16.5 Å². The first-order valence-corrected chi connectivity index (χ1v) is 9.97. The minimum atomic E-state index is 0.371. The zero-order valence-electron chi connectivity index (χ0n) is 15.6. The van der Waals surface area contributed by atoms with Crippen molar-refractivity contribution < 1.29 is 0 Å². The van der Waals surface area contributed by atoms with E-state index in [0.717, 1.165) is 25.5 Å². The van der Waals surface area contributed by atoms with Crippen LogP contribution in [0, 0.1) is 22.2 Å². The van der Waals surface area contributed by atoms with Gasteiger partial charge in [-0.15, -0.1) is 10.2 Å². The molecule has 2 aromatic rings. The second-order valence-corrected chi connectivity index (χ2v) is 8.64. The second-order valence-electron chi connectivity index (χ2n) is 8.64. The molecule has 2 aliphatic heterocycles. The van der Waals surface area contributed by atoms with Gasteiger partial charge in [-0.3, -0.25) is 4.90 Å². The number of hydrogen-bond donors (Lipinski definition) is 0. The van der Waals surface area contributed by atoms with Gasteiger partial charge in [0.05, 0.1) is 0 Å². The lowest BCUT2D eigenvalue weighted by Gasteiger charge is -2.42. The predicted octanol–water partition coefficient (Wildman–Crippen LogP) is 3.23. The molecule has 0 radical (unpaired) electrons. The van der Waals surface area contributed by atoms with Gasteiger partial charge in [0.1, 0.15) is 6.07 Å². The van der Waals surface area contributed by atoms with Crippen LogP contribution < -0.4 is 4.90 Å². The van der Waals surface area contributed by atoms with E-state index in [1.165, 1.54) is 44.3 Å². The van der Waals surface area contributed by atoms with Crippen molar-refractivity contribution in [2.24, 2.45) is 10.8 Å². The molecule has 5 rings (SSSR count). The SMILES string of the molecule is N#Cc1ccc(N2CC34CCCCC3(CN(Cc3ccccc3)C4)C2)nn1. The predicted molar refractivity (Wildman–Crippen MR) is 104 cm³/mol. The fraction of sp³-hybridized carbons (Fsp3) is 0.500. The van der Waals surface area contributed by atoms with Crippen LogP contribution in [-0.2, 0) is 6.54 Å². The van der Waals surface area contributed by atoms with Crippen molar-refractivity contribution in [1.82, 2.24) is 15.1 Å². The van der Waals surface area contributed by atoms with Gasteiger partial charge in [-0.1, -0.05) is 43.2 Å². The van der Waals surface area contributed by atoms with Gasteiger partial charge >= 0.3 is 0 Å². The highest BCUT2D eigenvalue weighted by atomic mass is 15.3. The number of nitrogens with zero attached hydrogens (tertiary/aromatic N) is 5. The maximum Gasteiger partial charge on any atom is 0.163 e. The molecule has 1 aromatic heterocycles. The van der Waals surface area contributed by atoms with Gasteiger partial charge in [0.2, 0.25) is 0 Å². The van der Waals surface area contributed by atoms with Gasteiger partial charge in [-0.2, -0.15) is 5.26 Å². The minimum Gasteiger partial charge on any atom is -0.354 e. The normalized spacial score (nSPS) is 30.0. The molecule has 27 heavy (non-hydrogen) atoms. The molecule has 0 N–H and O–H groups in total. The van der Waals surface area contributed by atoms with E-state index >= 15 is 0 Å². The lowest BCUT2D eigenvalue weighted by molar-refractivity contribution is 0.0945. The molecule has 3 fully saturated rings. The Kier molecular flexibility index (Phi) is 3.91. The summed E-state index contributed by atoms with van der Waals surface area (Å²) >= 11 is 0. The number of rotatable bonds is 3. The standard InChI is InChI=1S/C22H25N5/c23-12-19-8-9-20(25-24-19)27-16-21-10-4-5-11-22(21,17-27)15-26(14-21)13-18-6-2-1-3-7-18/h1-3,6-9H,4-5,10-11,13-17H2. The number of nitriles is 1. The third-order valence-electron chi connectivity index (χ3n) is 7.06. The van der Waals surface area contributed by atoms with Crippen LogP contribution in [0.1, 0.15) is 36.9 Å². The fourth-order valence-electron chi connectivity index (χ4n) is 5.91. The Morgan fingerprint density at radius 2 is 1.59 bits per heavy atom. The van der Waals surface area contributed by atoms with Crippen molar-refractivity contribution >= 4 is 5.82 Å². The summed E-state index contributed by atoms with van der Waals surface area (Å²) in [4.78, 5) is 5.11. The Balaban J connectivity index is 1.39. The summed E-state index contributed by atoms with van der Waals surface area (Å²) in [5, 5.41) is 17.4. The van der Waals surface area contributed by atoms with E-state index in [2.05, 4.69) is 56.4 Å². The average molecular weight is 359 g/mol. The van der Waals surface area contributed by atoms with E-state index in [1.807, 2.05) is 6.07 Å². The lowest BCUT2D eigenvalue weighted by Crippen LogP contribution is -2.42. The number of likely N-dealkylation sites (tertiary alicyclic amines) is 1. The molecule has 2 unspecified atom stereocenters. The minimum absolute atomic E-state index is 0.371. The maximum atomic E-state index is 8.97. The zero-order valence-corrected chi connectivity index (χ0v) is 15.6. The van der Waals surface area contributed by atoms with Gasteiger partial charge in [0, 0.05) is 43.6 Å². The van der Waals surface area contributed by atoms with Crippen LogP contribution in [0.4, 0.5) is 5.82 Å². The fourth-order valence-corrected chi connectivity index (χ4v) is 5.91. The Morgan fingerprint density at radius 1 is 0.889 bits per heavy atom. The number of anilines is 1. The average Bonchev–Trinajstić information content (AvgIpc) is 3.19. The Hall–Kier alpha value is -2.45. The van der Waals surface area contributed by atoms with Crippen molar-refractivity contribution in [1.29, 1.82) is 5.26 Å². The summed E-state index contributed by atoms with van der Waals surface area (Å²) < 4.78 is 0. The molecule has 5 nitrogen and oxygen atoms in total. The van der Waals surface area contributed by atoms with E-state index in [-0.39, 0.29) is 0 Å². The third-order valence-corrected chi connectivity index (χ3v) is 7.06. The highest BCUT2D eigenvalue weighted by molar-refractivity contribution is 5.43. The first-order chi connectivity index (χ1) is 13.2. The van der Waals surface area contributed by atoms with Crippen molar-refractivity contribution in [3.8, 4) is 6.07 Å². The summed E-state index contributed by atoms with van der Waals surface area (Å²) in [6.45, 7) is 5.56. The van der Waals surface area contributed by atoms with Crippen LogP contribution in [0.2, 0.25) is 0 Å². The third kappa shape index (κ3) is 2.71. The van der Waals surface area contributed by atoms with Crippen LogP contribution in [0.3, 0.4) is 0 Å².